The van der Waals surface area contributed by atoms with Crippen molar-refractivity contribution in [2.75, 3.05) is 33.4 Å². The standard InChI is InChI=1S/C22H29FN2O2/c1-26-22-17-25(13-5-15-27-20-10-8-19(23)9-11-20)14-12-21(22)24-16-18-6-3-2-4-7-18/h2-4,6-11,21-22,24H,5,12-17H2,1H3/t21-,22+/m0/s1. The maximum absolute atomic E-state index is 12.9. The Morgan fingerprint density at radius 1 is 1.11 bits per heavy atom. The van der Waals surface area contributed by atoms with E-state index in [9.17, 15) is 4.39 Å². The molecule has 0 bridgehead atoms. The van der Waals surface area contributed by atoms with Gasteiger partial charge in [0.2, 0.25) is 0 Å². The summed E-state index contributed by atoms with van der Waals surface area (Å²) < 4.78 is 24.3. The first-order valence-corrected chi connectivity index (χ1v) is 9.65. The van der Waals surface area contributed by atoms with Gasteiger partial charge in [-0.05, 0) is 49.2 Å². The molecule has 4 nitrogen and oxygen atoms in total. The lowest BCUT2D eigenvalue weighted by molar-refractivity contribution is 0.00422. The van der Waals surface area contributed by atoms with Gasteiger partial charge in [0.25, 0.3) is 0 Å². The minimum Gasteiger partial charge on any atom is -0.494 e. The number of methoxy groups -OCH3 is 1. The molecule has 0 radical (unpaired) electrons. The van der Waals surface area contributed by atoms with Gasteiger partial charge in [-0.15, -0.1) is 0 Å². The minimum atomic E-state index is -0.239. The maximum atomic E-state index is 12.9. The topological polar surface area (TPSA) is 33.7 Å². The lowest BCUT2D eigenvalue weighted by Crippen LogP contribution is -2.53. The normalized spacial score (nSPS) is 20.5. The highest BCUT2D eigenvalue weighted by molar-refractivity contribution is 5.22. The van der Waals surface area contributed by atoms with Crippen molar-refractivity contribution in [3.63, 3.8) is 0 Å². The highest BCUT2D eigenvalue weighted by atomic mass is 19.1. The molecular formula is C22H29FN2O2. The largest absolute Gasteiger partial charge is 0.494 e. The molecule has 1 heterocycles. The van der Waals surface area contributed by atoms with E-state index in [1.165, 1.54) is 17.7 Å². The van der Waals surface area contributed by atoms with Crippen LogP contribution in [0.3, 0.4) is 0 Å². The van der Waals surface area contributed by atoms with E-state index in [1.807, 2.05) is 6.07 Å². The van der Waals surface area contributed by atoms with Gasteiger partial charge >= 0.3 is 0 Å². The molecular weight excluding hydrogens is 343 g/mol. The zero-order valence-corrected chi connectivity index (χ0v) is 15.9. The summed E-state index contributed by atoms with van der Waals surface area (Å²) in [5.41, 5.74) is 1.30. The Morgan fingerprint density at radius 2 is 1.89 bits per heavy atom. The fraction of sp³-hybridized carbons (Fsp3) is 0.455. The SMILES string of the molecule is CO[C@@H]1CN(CCCOc2ccc(F)cc2)CC[C@@H]1NCc1ccccc1. The molecule has 146 valence electrons. The van der Waals surface area contributed by atoms with Crippen LogP contribution in [0.15, 0.2) is 54.6 Å². The zero-order chi connectivity index (χ0) is 18.9. The minimum absolute atomic E-state index is 0.195. The Morgan fingerprint density at radius 3 is 2.63 bits per heavy atom. The lowest BCUT2D eigenvalue weighted by Gasteiger charge is -2.38. The van der Waals surface area contributed by atoms with E-state index in [1.54, 1.807) is 19.2 Å². The molecule has 1 N–H and O–H groups in total. The van der Waals surface area contributed by atoms with Gasteiger partial charge in [0.1, 0.15) is 11.6 Å². The Kier molecular flexibility index (Phi) is 7.63. The molecule has 1 fully saturated rings. The molecule has 3 rings (SSSR count). The summed E-state index contributed by atoms with van der Waals surface area (Å²) in [5.74, 6) is 0.478. The van der Waals surface area contributed by atoms with Crippen LogP contribution in [0.25, 0.3) is 0 Å². The third kappa shape index (κ3) is 6.31. The van der Waals surface area contributed by atoms with Crippen molar-refractivity contribution in [3.05, 3.63) is 66.0 Å². The van der Waals surface area contributed by atoms with Crippen LogP contribution in [-0.2, 0) is 11.3 Å². The number of ether oxygens (including phenoxy) is 2. The molecule has 0 aliphatic carbocycles. The molecule has 2 aromatic rings. The monoisotopic (exact) mass is 372 g/mol. The number of halogens is 1. The number of likely N-dealkylation sites (tertiary alicyclic amines) is 1. The Bertz CT molecular complexity index is 666. The highest BCUT2D eigenvalue weighted by Gasteiger charge is 2.28. The van der Waals surface area contributed by atoms with E-state index in [2.05, 4.69) is 34.5 Å². The number of hydrogen-bond donors (Lipinski definition) is 1. The Hall–Kier alpha value is -1.95. The van der Waals surface area contributed by atoms with Crippen molar-refractivity contribution in [3.8, 4) is 5.75 Å². The van der Waals surface area contributed by atoms with Crippen LogP contribution in [0.1, 0.15) is 18.4 Å². The highest BCUT2D eigenvalue weighted by Crippen LogP contribution is 2.16. The maximum Gasteiger partial charge on any atom is 0.123 e. The molecule has 1 aliphatic rings. The lowest BCUT2D eigenvalue weighted by atomic mass is 10.0. The number of piperidine rings is 1. The van der Waals surface area contributed by atoms with Gasteiger partial charge in [0.05, 0.1) is 12.7 Å². The van der Waals surface area contributed by atoms with Crippen LogP contribution >= 0.6 is 0 Å². The van der Waals surface area contributed by atoms with Crippen molar-refractivity contribution in [2.24, 2.45) is 0 Å². The smallest absolute Gasteiger partial charge is 0.123 e. The summed E-state index contributed by atoms with van der Waals surface area (Å²) in [6.07, 6.45) is 2.21. The van der Waals surface area contributed by atoms with E-state index in [4.69, 9.17) is 9.47 Å². The van der Waals surface area contributed by atoms with Crippen molar-refractivity contribution in [1.29, 1.82) is 0 Å². The predicted octanol–water partition coefficient (Wildman–Crippen LogP) is 3.47. The number of benzene rings is 2. The van der Waals surface area contributed by atoms with E-state index in [0.717, 1.165) is 44.8 Å². The fourth-order valence-electron chi connectivity index (χ4n) is 3.51. The first kappa shape index (κ1) is 19.8. The van der Waals surface area contributed by atoms with Crippen LogP contribution in [0, 0.1) is 5.82 Å². The molecule has 0 amide bonds. The summed E-state index contributed by atoms with van der Waals surface area (Å²) >= 11 is 0. The molecule has 2 aromatic carbocycles. The van der Waals surface area contributed by atoms with E-state index in [0.29, 0.717) is 12.6 Å². The van der Waals surface area contributed by atoms with Crippen LogP contribution in [0.5, 0.6) is 5.75 Å². The van der Waals surface area contributed by atoms with Crippen LogP contribution in [0.4, 0.5) is 4.39 Å². The van der Waals surface area contributed by atoms with Gasteiger partial charge in [-0.1, -0.05) is 30.3 Å². The van der Waals surface area contributed by atoms with E-state index in [-0.39, 0.29) is 11.9 Å². The van der Waals surface area contributed by atoms with Gasteiger partial charge in [-0.2, -0.15) is 0 Å². The van der Waals surface area contributed by atoms with Crippen LogP contribution in [0.2, 0.25) is 0 Å². The average Bonchev–Trinajstić information content (AvgIpc) is 2.72. The quantitative estimate of drug-likeness (QED) is 0.684. The molecule has 0 aromatic heterocycles. The second kappa shape index (κ2) is 10.4. The van der Waals surface area contributed by atoms with Gasteiger partial charge < -0.3 is 19.7 Å². The van der Waals surface area contributed by atoms with Gasteiger partial charge in [-0.3, -0.25) is 0 Å². The number of nitrogens with zero attached hydrogens (tertiary/aromatic N) is 1. The van der Waals surface area contributed by atoms with Crippen molar-refractivity contribution < 1.29 is 13.9 Å². The summed E-state index contributed by atoms with van der Waals surface area (Å²) in [7, 11) is 1.79. The molecule has 2 atom stereocenters. The zero-order valence-electron chi connectivity index (χ0n) is 15.9. The van der Waals surface area contributed by atoms with Crippen molar-refractivity contribution >= 4 is 0 Å². The molecule has 0 saturated carbocycles. The third-order valence-corrected chi connectivity index (χ3v) is 5.06. The second-order valence-electron chi connectivity index (χ2n) is 6.99. The number of rotatable bonds is 9. The fourth-order valence-corrected chi connectivity index (χ4v) is 3.51. The van der Waals surface area contributed by atoms with Gasteiger partial charge in [-0.25, -0.2) is 4.39 Å². The van der Waals surface area contributed by atoms with Crippen LogP contribution < -0.4 is 10.1 Å². The molecule has 1 saturated heterocycles. The van der Waals surface area contributed by atoms with E-state index < -0.39 is 0 Å². The number of hydrogen-bond acceptors (Lipinski definition) is 4. The van der Waals surface area contributed by atoms with Gasteiger partial charge in [0, 0.05) is 32.8 Å². The van der Waals surface area contributed by atoms with Crippen molar-refractivity contribution in [2.45, 2.75) is 31.5 Å². The summed E-state index contributed by atoms with van der Waals surface area (Å²) in [5, 5.41) is 3.65. The van der Waals surface area contributed by atoms with E-state index >= 15 is 0 Å². The molecule has 27 heavy (non-hydrogen) atoms. The molecule has 0 spiro atoms. The summed E-state index contributed by atoms with van der Waals surface area (Å²) in [6.45, 7) is 4.47. The third-order valence-electron chi connectivity index (χ3n) is 5.06. The Balaban J connectivity index is 1.36. The predicted molar refractivity (Wildman–Crippen MR) is 105 cm³/mol. The molecule has 1 aliphatic heterocycles. The van der Waals surface area contributed by atoms with Gasteiger partial charge in [0.15, 0.2) is 0 Å². The molecule has 0 unspecified atom stereocenters. The van der Waals surface area contributed by atoms with Crippen molar-refractivity contribution in [1.82, 2.24) is 10.2 Å². The summed E-state index contributed by atoms with van der Waals surface area (Å²) in [4.78, 5) is 2.43. The average molecular weight is 372 g/mol. The summed E-state index contributed by atoms with van der Waals surface area (Å²) in [6, 6.07) is 17.0. The first-order chi connectivity index (χ1) is 13.2. The number of nitrogens with one attached hydrogen (secondary N) is 1. The first-order valence-electron chi connectivity index (χ1n) is 9.65. The second-order valence-corrected chi connectivity index (χ2v) is 6.99. The Labute approximate surface area is 161 Å². The molecule has 5 heteroatoms. The van der Waals surface area contributed by atoms with Crippen LogP contribution in [-0.4, -0.2) is 50.4 Å².